The van der Waals surface area contributed by atoms with E-state index in [2.05, 4.69) is 13.8 Å². The monoisotopic (exact) mass is 208 g/mol. The molecule has 0 heterocycles. The highest BCUT2D eigenvalue weighted by atomic mass is 16.5. The Hall–Kier alpha value is -1.06. The maximum atomic E-state index is 5.87. The molecule has 0 bridgehead atoms. The summed E-state index contributed by atoms with van der Waals surface area (Å²) in [7, 11) is 0. The summed E-state index contributed by atoms with van der Waals surface area (Å²) < 4.78 is 5.47. The Labute approximate surface area is 91.8 Å². The van der Waals surface area contributed by atoms with E-state index in [-0.39, 0.29) is 0 Å². The molecule has 2 N–H and O–H groups in total. The summed E-state index contributed by atoms with van der Waals surface area (Å²) in [6.07, 6.45) is 0. The van der Waals surface area contributed by atoms with E-state index in [1.165, 1.54) is 0 Å². The molecule has 0 atom stereocenters. The summed E-state index contributed by atoms with van der Waals surface area (Å²) >= 11 is 0. The van der Waals surface area contributed by atoms with Crippen molar-refractivity contribution in [1.82, 2.24) is 0 Å². The zero-order chi connectivity index (χ0) is 11.1. The van der Waals surface area contributed by atoms with E-state index in [9.17, 15) is 0 Å². The van der Waals surface area contributed by atoms with Gasteiger partial charge in [-0.1, -0.05) is 32.0 Å². The van der Waals surface area contributed by atoms with Crippen molar-refractivity contribution in [3.63, 3.8) is 0 Å². The number of nitrogens with two attached hydrogens (primary N) is 1. The number of hydrogen-bond donors (Lipinski definition) is 1. The molecular weight excluding hydrogens is 188 g/mol. The summed E-state index contributed by atoms with van der Waals surface area (Å²) in [5, 5.41) is 1.71. The Morgan fingerprint density at radius 3 is 2.53 bits per heavy atom. The van der Waals surface area contributed by atoms with Crippen LogP contribution >= 0.6 is 0 Å². The van der Waals surface area contributed by atoms with Crippen molar-refractivity contribution in [2.24, 2.45) is 11.8 Å². The molecule has 0 aliphatic carbocycles. The van der Waals surface area contributed by atoms with Gasteiger partial charge in [-0.05, 0) is 18.1 Å². The quantitative estimate of drug-likeness (QED) is 0.442. The largest absolute Gasteiger partial charge is 0.379 e. The number of hydrogen-bond acceptors (Lipinski definition) is 3. The van der Waals surface area contributed by atoms with E-state index < -0.39 is 0 Å². The van der Waals surface area contributed by atoms with Gasteiger partial charge in [-0.3, -0.25) is 0 Å². The predicted molar refractivity (Wildman–Crippen MR) is 63.6 cm³/mol. The van der Waals surface area contributed by atoms with Gasteiger partial charge in [-0.2, -0.15) is 0 Å². The fraction of sp³-hybridized carbons (Fsp3) is 0.500. The number of ether oxygens (including phenoxy) is 1. The molecule has 0 amide bonds. The second-order valence-corrected chi connectivity index (χ2v) is 4.00. The smallest absolute Gasteiger partial charge is 0.0657 e. The minimum absolute atomic E-state index is 0.577. The number of hydrazine groups is 1. The molecule has 0 fully saturated rings. The fourth-order valence-electron chi connectivity index (χ4n) is 1.23. The van der Waals surface area contributed by atoms with Gasteiger partial charge < -0.3 is 9.75 Å². The Morgan fingerprint density at radius 2 is 1.93 bits per heavy atom. The molecule has 0 saturated carbocycles. The van der Waals surface area contributed by atoms with Crippen LogP contribution in [0.4, 0.5) is 5.69 Å². The highest BCUT2D eigenvalue weighted by Gasteiger charge is 2.00. The maximum absolute atomic E-state index is 5.87. The molecule has 3 heteroatoms. The highest BCUT2D eigenvalue weighted by molar-refractivity contribution is 5.43. The van der Waals surface area contributed by atoms with Gasteiger partial charge in [0.1, 0.15) is 0 Å². The van der Waals surface area contributed by atoms with Gasteiger partial charge in [0, 0.05) is 6.61 Å². The maximum Gasteiger partial charge on any atom is 0.0657 e. The van der Waals surface area contributed by atoms with Crippen LogP contribution in [0.2, 0.25) is 0 Å². The lowest BCUT2D eigenvalue weighted by Crippen LogP contribution is -2.34. The summed E-state index contributed by atoms with van der Waals surface area (Å²) in [5.74, 6) is 6.44. The number of anilines is 1. The summed E-state index contributed by atoms with van der Waals surface area (Å²) in [6, 6.07) is 9.91. The van der Waals surface area contributed by atoms with Crippen LogP contribution in [0, 0.1) is 5.92 Å². The van der Waals surface area contributed by atoms with E-state index in [1.807, 2.05) is 30.3 Å². The van der Waals surface area contributed by atoms with E-state index >= 15 is 0 Å². The first kappa shape index (κ1) is 12.0. The SMILES string of the molecule is CC(C)COCCN(N)c1ccccc1. The van der Waals surface area contributed by atoms with E-state index in [0.29, 0.717) is 12.5 Å². The van der Waals surface area contributed by atoms with Gasteiger partial charge in [0.2, 0.25) is 0 Å². The molecular formula is C12H20N2O. The average molecular weight is 208 g/mol. The third kappa shape index (κ3) is 4.81. The van der Waals surface area contributed by atoms with Crippen LogP contribution in [0.1, 0.15) is 13.8 Å². The molecule has 84 valence electrons. The topological polar surface area (TPSA) is 38.5 Å². The van der Waals surface area contributed by atoms with E-state index in [1.54, 1.807) is 5.01 Å². The Balaban J connectivity index is 2.22. The van der Waals surface area contributed by atoms with Crippen LogP contribution in [0.15, 0.2) is 30.3 Å². The average Bonchev–Trinajstić information content (AvgIpc) is 2.25. The molecule has 0 radical (unpaired) electrons. The molecule has 0 saturated heterocycles. The second-order valence-electron chi connectivity index (χ2n) is 4.00. The highest BCUT2D eigenvalue weighted by Crippen LogP contribution is 2.08. The first-order valence-electron chi connectivity index (χ1n) is 5.35. The summed E-state index contributed by atoms with van der Waals surface area (Å²) in [4.78, 5) is 0. The standard InChI is InChI=1S/C12H20N2O/c1-11(2)10-15-9-8-14(13)12-6-4-3-5-7-12/h3-7,11H,8-10,13H2,1-2H3. The molecule has 1 rings (SSSR count). The Bertz CT molecular complexity index is 262. The first-order valence-corrected chi connectivity index (χ1v) is 5.35. The molecule has 0 aliphatic rings. The van der Waals surface area contributed by atoms with Crippen molar-refractivity contribution in [1.29, 1.82) is 0 Å². The molecule has 0 spiro atoms. The van der Waals surface area contributed by atoms with Crippen molar-refractivity contribution in [3.05, 3.63) is 30.3 Å². The van der Waals surface area contributed by atoms with Crippen LogP contribution in [-0.2, 0) is 4.74 Å². The number of rotatable bonds is 6. The zero-order valence-corrected chi connectivity index (χ0v) is 9.52. The first-order chi connectivity index (χ1) is 7.20. The van der Waals surface area contributed by atoms with Gasteiger partial charge in [-0.15, -0.1) is 0 Å². The van der Waals surface area contributed by atoms with E-state index in [0.717, 1.165) is 18.8 Å². The molecule has 1 aromatic rings. The number of benzene rings is 1. The molecule has 15 heavy (non-hydrogen) atoms. The minimum atomic E-state index is 0.577. The molecule has 3 nitrogen and oxygen atoms in total. The third-order valence-electron chi connectivity index (χ3n) is 2.02. The van der Waals surface area contributed by atoms with Crippen LogP contribution in [-0.4, -0.2) is 19.8 Å². The van der Waals surface area contributed by atoms with Crippen LogP contribution in [0.25, 0.3) is 0 Å². The summed E-state index contributed by atoms with van der Waals surface area (Å²) in [5.41, 5.74) is 1.02. The second kappa shape index (κ2) is 6.43. The van der Waals surface area contributed by atoms with Crippen molar-refractivity contribution in [2.45, 2.75) is 13.8 Å². The van der Waals surface area contributed by atoms with Crippen molar-refractivity contribution in [3.8, 4) is 0 Å². The third-order valence-corrected chi connectivity index (χ3v) is 2.02. The lowest BCUT2D eigenvalue weighted by atomic mass is 10.2. The van der Waals surface area contributed by atoms with Gasteiger partial charge >= 0.3 is 0 Å². The molecule has 1 aromatic carbocycles. The van der Waals surface area contributed by atoms with Crippen molar-refractivity contribution < 1.29 is 4.74 Å². The fourth-order valence-corrected chi connectivity index (χ4v) is 1.23. The minimum Gasteiger partial charge on any atom is -0.379 e. The van der Waals surface area contributed by atoms with Crippen LogP contribution < -0.4 is 10.9 Å². The number of nitrogens with zero attached hydrogens (tertiary/aromatic N) is 1. The normalized spacial score (nSPS) is 10.7. The zero-order valence-electron chi connectivity index (χ0n) is 9.52. The lowest BCUT2D eigenvalue weighted by Gasteiger charge is -2.18. The van der Waals surface area contributed by atoms with Gasteiger partial charge in [0.05, 0.1) is 18.8 Å². The van der Waals surface area contributed by atoms with Gasteiger partial charge in [-0.25, -0.2) is 5.84 Å². The predicted octanol–water partition coefficient (Wildman–Crippen LogP) is 2.04. The van der Waals surface area contributed by atoms with E-state index in [4.69, 9.17) is 10.6 Å². The van der Waals surface area contributed by atoms with Gasteiger partial charge in [0.25, 0.3) is 0 Å². The Kier molecular flexibility index (Phi) is 5.15. The van der Waals surface area contributed by atoms with Crippen LogP contribution in [0.5, 0.6) is 0 Å². The van der Waals surface area contributed by atoms with Gasteiger partial charge in [0.15, 0.2) is 0 Å². The lowest BCUT2D eigenvalue weighted by molar-refractivity contribution is 0.115. The van der Waals surface area contributed by atoms with Crippen molar-refractivity contribution in [2.75, 3.05) is 24.8 Å². The summed E-state index contributed by atoms with van der Waals surface area (Å²) in [6.45, 7) is 6.46. The molecule has 0 aliphatic heterocycles. The van der Waals surface area contributed by atoms with Crippen molar-refractivity contribution >= 4 is 5.69 Å². The number of para-hydroxylation sites is 1. The van der Waals surface area contributed by atoms with Crippen LogP contribution in [0.3, 0.4) is 0 Å². The Morgan fingerprint density at radius 1 is 1.27 bits per heavy atom. The molecule has 0 aromatic heterocycles. The molecule has 0 unspecified atom stereocenters.